The van der Waals surface area contributed by atoms with Gasteiger partial charge in [0.05, 0.1) is 17.7 Å². The molecule has 7 nitrogen and oxygen atoms in total. The summed E-state index contributed by atoms with van der Waals surface area (Å²) in [4.78, 5) is 20.6. The Morgan fingerprint density at radius 2 is 2.18 bits per heavy atom. The van der Waals surface area contributed by atoms with Gasteiger partial charge in [0.25, 0.3) is 0 Å². The summed E-state index contributed by atoms with van der Waals surface area (Å²) in [5, 5.41) is 9.14. The van der Waals surface area contributed by atoms with Crippen LogP contribution in [0.1, 0.15) is 5.69 Å². The van der Waals surface area contributed by atoms with Crippen molar-refractivity contribution in [3.63, 3.8) is 0 Å². The lowest BCUT2D eigenvalue weighted by atomic mass is 10.3. The molecular weight excluding hydrogens is 300 g/mol. The number of amides is 2. The topological polar surface area (TPSA) is 66.3 Å². The van der Waals surface area contributed by atoms with E-state index >= 15 is 0 Å². The molecule has 0 spiro atoms. The first kappa shape index (κ1) is 15.0. The number of rotatable bonds is 5. The Bertz CT molecular complexity index is 562. The van der Waals surface area contributed by atoms with Crippen LogP contribution in [0.5, 0.6) is 0 Å². The molecule has 0 aromatic carbocycles. The standard InChI is InChI=1S/C14H20N6OS/c21-14(15-3-5-20-4-1-2-17-20)19-8-6-18(7-9-19)10-13-11-22-12-16-13/h1-2,4,11-12H,3,5-10H2,(H,15,21). The number of carbonyl (C=O) groups is 1. The lowest BCUT2D eigenvalue weighted by Gasteiger charge is -2.34. The summed E-state index contributed by atoms with van der Waals surface area (Å²) in [5.41, 5.74) is 2.97. The summed E-state index contributed by atoms with van der Waals surface area (Å²) in [5.74, 6) is 0. The first-order valence-electron chi connectivity index (χ1n) is 7.41. The minimum absolute atomic E-state index is 0.0143. The van der Waals surface area contributed by atoms with Gasteiger partial charge in [-0.15, -0.1) is 11.3 Å². The van der Waals surface area contributed by atoms with E-state index in [0.717, 1.165) is 38.4 Å². The first-order chi connectivity index (χ1) is 10.8. The van der Waals surface area contributed by atoms with Crippen LogP contribution in [0.4, 0.5) is 4.79 Å². The molecule has 22 heavy (non-hydrogen) atoms. The molecule has 118 valence electrons. The third-order valence-corrected chi connectivity index (χ3v) is 4.34. The number of nitrogens with zero attached hydrogens (tertiary/aromatic N) is 5. The third kappa shape index (κ3) is 4.05. The number of hydrogen-bond acceptors (Lipinski definition) is 5. The zero-order chi connectivity index (χ0) is 15.2. The van der Waals surface area contributed by atoms with Crippen molar-refractivity contribution in [2.45, 2.75) is 13.1 Å². The minimum Gasteiger partial charge on any atom is -0.336 e. The van der Waals surface area contributed by atoms with Crippen LogP contribution in [0.2, 0.25) is 0 Å². The second-order valence-electron chi connectivity index (χ2n) is 5.24. The zero-order valence-corrected chi connectivity index (χ0v) is 13.2. The fourth-order valence-electron chi connectivity index (χ4n) is 2.48. The van der Waals surface area contributed by atoms with Gasteiger partial charge in [0.1, 0.15) is 0 Å². The van der Waals surface area contributed by atoms with Gasteiger partial charge in [0.15, 0.2) is 0 Å². The van der Waals surface area contributed by atoms with Crippen LogP contribution in [0.25, 0.3) is 0 Å². The van der Waals surface area contributed by atoms with Crippen molar-refractivity contribution in [1.82, 2.24) is 29.9 Å². The maximum absolute atomic E-state index is 12.1. The van der Waals surface area contributed by atoms with E-state index in [4.69, 9.17) is 0 Å². The molecule has 2 aromatic rings. The van der Waals surface area contributed by atoms with Crippen LogP contribution < -0.4 is 5.32 Å². The molecule has 0 aliphatic carbocycles. The number of nitrogens with one attached hydrogen (secondary N) is 1. The lowest BCUT2D eigenvalue weighted by Crippen LogP contribution is -2.51. The normalized spacial score (nSPS) is 15.9. The minimum atomic E-state index is 0.0143. The number of carbonyl (C=O) groups excluding carboxylic acids is 1. The Kier molecular flexibility index (Phi) is 5.02. The Morgan fingerprint density at radius 3 is 2.86 bits per heavy atom. The van der Waals surface area contributed by atoms with Gasteiger partial charge in [-0.3, -0.25) is 9.58 Å². The van der Waals surface area contributed by atoms with Crippen LogP contribution in [-0.4, -0.2) is 63.3 Å². The maximum atomic E-state index is 12.1. The molecule has 0 saturated carbocycles. The summed E-state index contributed by atoms with van der Waals surface area (Å²) < 4.78 is 1.81. The van der Waals surface area contributed by atoms with Crippen molar-refractivity contribution in [1.29, 1.82) is 0 Å². The predicted molar refractivity (Wildman–Crippen MR) is 84.6 cm³/mol. The molecule has 2 aromatic heterocycles. The van der Waals surface area contributed by atoms with Crippen LogP contribution in [-0.2, 0) is 13.1 Å². The molecule has 8 heteroatoms. The Labute approximate surface area is 133 Å². The quantitative estimate of drug-likeness (QED) is 0.888. The van der Waals surface area contributed by atoms with Gasteiger partial charge in [0, 0.05) is 57.0 Å². The number of piperazine rings is 1. The number of aromatic nitrogens is 3. The second kappa shape index (κ2) is 7.37. The van der Waals surface area contributed by atoms with Crippen molar-refractivity contribution in [2.75, 3.05) is 32.7 Å². The van der Waals surface area contributed by atoms with E-state index in [1.807, 2.05) is 27.4 Å². The average Bonchev–Trinajstić information content (AvgIpc) is 3.21. The van der Waals surface area contributed by atoms with E-state index in [1.165, 1.54) is 0 Å². The monoisotopic (exact) mass is 320 g/mol. The summed E-state index contributed by atoms with van der Waals surface area (Å²) in [6.07, 6.45) is 3.63. The zero-order valence-electron chi connectivity index (χ0n) is 12.4. The molecule has 0 unspecified atom stereocenters. The Morgan fingerprint density at radius 1 is 1.32 bits per heavy atom. The molecule has 1 N–H and O–H groups in total. The van der Waals surface area contributed by atoms with Crippen LogP contribution in [0, 0.1) is 0 Å². The summed E-state index contributed by atoms with van der Waals surface area (Å²) in [6, 6.07) is 1.89. The maximum Gasteiger partial charge on any atom is 0.317 e. The highest BCUT2D eigenvalue weighted by molar-refractivity contribution is 7.07. The number of thiazole rings is 1. The molecule has 0 radical (unpaired) electrons. The van der Waals surface area contributed by atoms with Crippen molar-refractivity contribution in [2.24, 2.45) is 0 Å². The molecule has 1 aliphatic heterocycles. The largest absolute Gasteiger partial charge is 0.336 e. The van der Waals surface area contributed by atoms with Gasteiger partial charge < -0.3 is 10.2 Å². The molecule has 1 fully saturated rings. The van der Waals surface area contributed by atoms with Crippen molar-refractivity contribution < 1.29 is 4.79 Å². The van der Waals surface area contributed by atoms with Gasteiger partial charge >= 0.3 is 6.03 Å². The van der Waals surface area contributed by atoms with Crippen molar-refractivity contribution >= 4 is 17.4 Å². The van der Waals surface area contributed by atoms with E-state index in [1.54, 1.807) is 17.5 Å². The van der Waals surface area contributed by atoms with Gasteiger partial charge in [-0.05, 0) is 6.07 Å². The SMILES string of the molecule is O=C(NCCn1cccn1)N1CCN(Cc2cscn2)CC1. The first-order valence-corrected chi connectivity index (χ1v) is 8.35. The van der Waals surface area contributed by atoms with Gasteiger partial charge in [-0.1, -0.05) is 0 Å². The molecule has 3 heterocycles. The van der Waals surface area contributed by atoms with Crippen LogP contribution in [0.3, 0.4) is 0 Å². The molecular formula is C14H20N6OS. The smallest absolute Gasteiger partial charge is 0.317 e. The molecule has 1 saturated heterocycles. The van der Waals surface area contributed by atoms with Crippen LogP contribution >= 0.6 is 11.3 Å². The summed E-state index contributed by atoms with van der Waals surface area (Å²) in [7, 11) is 0. The molecule has 0 atom stereocenters. The van der Waals surface area contributed by atoms with E-state index in [9.17, 15) is 4.79 Å². The van der Waals surface area contributed by atoms with Gasteiger partial charge in [-0.2, -0.15) is 5.10 Å². The third-order valence-electron chi connectivity index (χ3n) is 3.70. The lowest BCUT2D eigenvalue weighted by molar-refractivity contribution is 0.134. The van der Waals surface area contributed by atoms with Crippen molar-refractivity contribution in [3.8, 4) is 0 Å². The highest BCUT2D eigenvalue weighted by atomic mass is 32.1. The van der Waals surface area contributed by atoms with E-state index in [-0.39, 0.29) is 6.03 Å². The molecule has 1 aliphatic rings. The highest BCUT2D eigenvalue weighted by Crippen LogP contribution is 2.08. The fraction of sp³-hybridized carbons (Fsp3) is 0.500. The Hall–Kier alpha value is -1.93. The van der Waals surface area contributed by atoms with Gasteiger partial charge in [-0.25, -0.2) is 9.78 Å². The number of urea groups is 1. The summed E-state index contributed by atoms with van der Waals surface area (Å²) in [6.45, 7) is 5.48. The summed E-state index contributed by atoms with van der Waals surface area (Å²) >= 11 is 1.62. The van der Waals surface area contributed by atoms with E-state index in [2.05, 4.69) is 25.7 Å². The van der Waals surface area contributed by atoms with Crippen LogP contribution in [0.15, 0.2) is 29.4 Å². The van der Waals surface area contributed by atoms with E-state index < -0.39 is 0 Å². The molecule has 0 bridgehead atoms. The Balaban J connectivity index is 1.36. The number of hydrogen-bond donors (Lipinski definition) is 1. The average molecular weight is 320 g/mol. The molecule has 2 amide bonds. The second-order valence-corrected chi connectivity index (χ2v) is 5.96. The van der Waals surface area contributed by atoms with Crippen molar-refractivity contribution in [3.05, 3.63) is 35.0 Å². The van der Waals surface area contributed by atoms with E-state index in [0.29, 0.717) is 13.1 Å². The molecule has 3 rings (SSSR count). The van der Waals surface area contributed by atoms with Gasteiger partial charge in [0.2, 0.25) is 0 Å². The predicted octanol–water partition coefficient (Wildman–Crippen LogP) is 0.867. The fourth-order valence-corrected chi connectivity index (χ4v) is 3.03. The highest BCUT2D eigenvalue weighted by Gasteiger charge is 2.21.